The minimum Gasteiger partial charge on any atom is -0.448 e. The Hall–Kier alpha value is -4.64. The summed E-state index contributed by atoms with van der Waals surface area (Å²) in [5, 5.41) is 2.57. The molecule has 4 aromatic carbocycles. The Bertz CT molecular complexity index is 1340. The van der Waals surface area contributed by atoms with Crippen molar-refractivity contribution in [1.29, 1.82) is 0 Å². The Morgan fingerprint density at radius 2 is 1.24 bits per heavy atom. The van der Waals surface area contributed by atoms with Crippen LogP contribution in [0.25, 0.3) is 11.1 Å². The number of rotatable bonds is 7. The molecule has 5 nitrogen and oxygen atoms in total. The zero-order valence-corrected chi connectivity index (χ0v) is 20.5. The van der Waals surface area contributed by atoms with Gasteiger partial charge in [0, 0.05) is 5.92 Å². The van der Waals surface area contributed by atoms with Crippen molar-refractivity contribution >= 4 is 12.1 Å². The molecule has 0 atom stereocenters. The average Bonchev–Trinajstić information content (AvgIpc) is 3.28. The van der Waals surface area contributed by atoms with E-state index in [1.54, 1.807) is 6.92 Å². The van der Waals surface area contributed by atoms with E-state index in [0.29, 0.717) is 0 Å². The lowest BCUT2D eigenvalue weighted by atomic mass is 9.98. The molecule has 0 fully saturated rings. The van der Waals surface area contributed by atoms with Crippen molar-refractivity contribution in [1.82, 2.24) is 5.32 Å². The SMILES string of the molecule is C/C=C(\NC(=O)OCC1c2ccccc2-c2ccccc21)C(=O)OC(c1ccccc1)c1ccccc1. The second-order valence-corrected chi connectivity index (χ2v) is 8.76. The summed E-state index contributed by atoms with van der Waals surface area (Å²) < 4.78 is 11.5. The number of alkyl carbamates (subject to hydrolysis) is 1. The molecule has 1 amide bonds. The first-order valence-electron chi connectivity index (χ1n) is 12.2. The lowest BCUT2D eigenvalue weighted by Crippen LogP contribution is -2.30. The van der Waals surface area contributed by atoms with Crippen LogP contribution in [0.5, 0.6) is 0 Å². The van der Waals surface area contributed by atoms with Crippen molar-refractivity contribution in [2.45, 2.75) is 18.9 Å². The number of esters is 1. The largest absolute Gasteiger partial charge is 0.448 e. The molecular formula is C32H27NO4. The quantitative estimate of drug-likeness (QED) is 0.230. The number of benzene rings is 4. The molecule has 4 aromatic rings. The van der Waals surface area contributed by atoms with Gasteiger partial charge in [-0.1, -0.05) is 115 Å². The van der Waals surface area contributed by atoms with E-state index in [-0.39, 0.29) is 18.2 Å². The van der Waals surface area contributed by atoms with E-state index in [2.05, 4.69) is 29.6 Å². The van der Waals surface area contributed by atoms with Gasteiger partial charge in [0.05, 0.1) is 0 Å². The maximum Gasteiger partial charge on any atom is 0.411 e. The van der Waals surface area contributed by atoms with Crippen LogP contribution in [0.1, 0.15) is 41.2 Å². The number of amides is 1. The van der Waals surface area contributed by atoms with Gasteiger partial charge in [0.25, 0.3) is 0 Å². The summed E-state index contributed by atoms with van der Waals surface area (Å²) in [6, 6.07) is 35.3. The van der Waals surface area contributed by atoms with Crippen molar-refractivity contribution in [3.05, 3.63) is 143 Å². The Labute approximate surface area is 216 Å². The molecule has 0 unspecified atom stereocenters. The zero-order chi connectivity index (χ0) is 25.6. The molecule has 0 heterocycles. The molecule has 0 saturated heterocycles. The number of ether oxygens (including phenoxy) is 2. The van der Waals surface area contributed by atoms with Crippen LogP contribution in [-0.2, 0) is 14.3 Å². The van der Waals surface area contributed by atoms with Gasteiger partial charge >= 0.3 is 12.1 Å². The molecule has 5 heteroatoms. The summed E-state index contributed by atoms with van der Waals surface area (Å²) in [6.07, 6.45) is 0.189. The van der Waals surface area contributed by atoms with Crippen LogP contribution in [0.4, 0.5) is 4.79 Å². The monoisotopic (exact) mass is 489 g/mol. The van der Waals surface area contributed by atoms with E-state index in [1.807, 2.05) is 84.9 Å². The lowest BCUT2D eigenvalue weighted by Gasteiger charge is -2.20. The number of hydrogen-bond donors (Lipinski definition) is 1. The van der Waals surface area contributed by atoms with Crippen LogP contribution in [-0.4, -0.2) is 18.7 Å². The highest BCUT2D eigenvalue weighted by Crippen LogP contribution is 2.44. The third-order valence-electron chi connectivity index (χ3n) is 6.52. The highest BCUT2D eigenvalue weighted by atomic mass is 16.6. The molecule has 0 aromatic heterocycles. The van der Waals surface area contributed by atoms with Crippen LogP contribution < -0.4 is 5.32 Å². The average molecular weight is 490 g/mol. The van der Waals surface area contributed by atoms with E-state index in [4.69, 9.17) is 9.47 Å². The minimum absolute atomic E-state index is 0.0223. The van der Waals surface area contributed by atoms with E-state index >= 15 is 0 Å². The van der Waals surface area contributed by atoms with Crippen molar-refractivity contribution in [3.8, 4) is 11.1 Å². The van der Waals surface area contributed by atoms with Crippen LogP contribution in [0.3, 0.4) is 0 Å². The molecule has 1 aliphatic carbocycles. The van der Waals surface area contributed by atoms with Crippen molar-refractivity contribution < 1.29 is 19.1 Å². The summed E-state index contributed by atoms with van der Waals surface area (Å²) in [4.78, 5) is 25.8. The zero-order valence-electron chi connectivity index (χ0n) is 20.5. The fourth-order valence-electron chi connectivity index (χ4n) is 4.74. The molecule has 0 bridgehead atoms. The van der Waals surface area contributed by atoms with Gasteiger partial charge in [0.1, 0.15) is 12.3 Å². The Morgan fingerprint density at radius 1 is 0.757 bits per heavy atom. The number of carbonyl (C=O) groups is 2. The Balaban J connectivity index is 1.26. The summed E-state index contributed by atoms with van der Waals surface area (Å²) in [7, 11) is 0. The standard InChI is InChI=1S/C32H27NO4/c1-2-29(31(34)37-30(22-13-5-3-6-14-22)23-15-7-4-8-16-23)33-32(35)36-21-28-26-19-11-9-17-24(26)25-18-10-12-20-27(25)28/h2-20,28,30H,21H2,1H3,(H,33,35)/b29-2-. The third kappa shape index (κ3) is 5.16. The first kappa shape index (κ1) is 24.1. The molecule has 0 spiro atoms. The highest BCUT2D eigenvalue weighted by molar-refractivity contribution is 5.92. The predicted octanol–water partition coefficient (Wildman–Crippen LogP) is 6.76. The lowest BCUT2D eigenvalue weighted by molar-refractivity contribution is -0.143. The molecular weight excluding hydrogens is 462 g/mol. The fourth-order valence-corrected chi connectivity index (χ4v) is 4.74. The van der Waals surface area contributed by atoms with E-state index in [0.717, 1.165) is 33.4 Å². The number of hydrogen-bond acceptors (Lipinski definition) is 4. The third-order valence-corrected chi connectivity index (χ3v) is 6.52. The van der Waals surface area contributed by atoms with Gasteiger partial charge in [-0.15, -0.1) is 0 Å². The Morgan fingerprint density at radius 3 is 1.76 bits per heavy atom. The van der Waals surface area contributed by atoms with Gasteiger partial charge in [0.2, 0.25) is 0 Å². The van der Waals surface area contributed by atoms with Crippen LogP contribution in [0.15, 0.2) is 121 Å². The van der Waals surface area contributed by atoms with Gasteiger partial charge < -0.3 is 9.47 Å². The van der Waals surface area contributed by atoms with Crippen molar-refractivity contribution in [2.24, 2.45) is 0 Å². The summed E-state index contributed by atoms with van der Waals surface area (Å²) >= 11 is 0. The normalized spacial score (nSPS) is 12.5. The maximum absolute atomic E-state index is 13.1. The highest BCUT2D eigenvalue weighted by Gasteiger charge is 2.29. The van der Waals surface area contributed by atoms with Crippen LogP contribution >= 0.6 is 0 Å². The van der Waals surface area contributed by atoms with Gasteiger partial charge in [-0.2, -0.15) is 0 Å². The molecule has 1 aliphatic rings. The number of carbonyl (C=O) groups excluding carboxylic acids is 2. The summed E-state index contributed by atoms with van der Waals surface area (Å²) in [5.74, 6) is -0.714. The Kier molecular flexibility index (Phi) is 7.13. The number of fused-ring (bicyclic) bond motifs is 3. The second-order valence-electron chi connectivity index (χ2n) is 8.76. The van der Waals surface area contributed by atoms with E-state index in [9.17, 15) is 9.59 Å². The van der Waals surface area contributed by atoms with Crippen molar-refractivity contribution in [3.63, 3.8) is 0 Å². The minimum atomic E-state index is -0.706. The fraction of sp³-hybridized carbons (Fsp3) is 0.125. The molecule has 0 saturated carbocycles. The molecule has 37 heavy (non-hydrogen) atoms. The van der Waals surface area contributed by atoms with Gasteiger partial charge in [-0.3, -0.25) is 5.32 Å². The summed E-state index contributed by atoms with van der Waals surface area (Å²) in [6.45, 7) is 1.82. The topological polar surface area (TPSA) is 64.6 Å². The van der Waals surface area contributed by atoms with Gasteiger partial charge in [0.15, 0.2) is 6.10 Å². The predicted molar refractivity (Wildman–Crippen MR) is 143 cm³/mol. The first-order chi connectivity index (χ1) is 18.2. The molecule has 0 radical (unpaired) electrons. The van der Waals surface area contributed by atoms with Crippen LogP contribution in [0.2, 0.25) is 0 Å². The second kappa shape index (κ2) is 11.0. The first-order valence-corrected chi connectivity index (χ1v) is 12.2. The summed E-state index contributed by atoms with van der Waals surface area (Å²) in [5.41, 5.74) is 6.23. The van der Waals surface area contributed by atoms with Gasteiger partial charge in [-0.05, 0) is 40.3 Å². The number of allylic oxidation sites excluding steroid dienone is 1. The maximum atomic E-state index is 13.1. The van der Waals surface area contributed by atoms with Crippen LogP contribution in [0, 0.1) is 0 Å². The van der Waals surface area contributed by atoms with Crippen molar-refractivity contribution in [2.75, 3.05) is 6.61 Å². The molecule has 1 N–H and O–H groups in total. The van der Waals surface area contributed by atoms with Gasteiger partial charge in [-0.25, -0.2) is 9.59 Å². The smallest absolute Gasteiger partial charge is 0.411 e. The van der Waals surface area contributed by atoms with E-state index < -0.39 is 18.2 Å². The van der Waals surface area contributed by atoms with E-state index in [1.165, 1.54) is 6.08 Å². The molecule has 184 valence electrons. The molecule has 5 rings (SSSR count). The molecule has 0 aliphatic heterocycles. The number of nitrogens with one attached hydrogen (secondary N) is 1.